The second-order valence-corrected chi connectivity index (χ2v) is 9.57. The lowest BCUT2D eigenvalue weighted by atomic mass is 9.68. The second kappa shape index (κ2) is 10.7. The van der Waals surface area contributed by atoms with Crippen LogP contribution >= 0.6 is 0 Å². The standard InChI is InChI=1S/C26H37F3/c1-3-5-19-8-12-21(13-9-19)22-14-10-20(11-15-22)7-4-6-18(2)23-16-24(27)26(29)25(28)17-23/h6,16-17,19-22H,3-5,7-15H2,1-2H3. The number of hydrogen-bond acceptors (Lipinski definition) is 0. The van der Waals surface area contributed by atoms with Gasteiger partial charge >= 0.3 is 0 Å². The van der Waals surface area contributed by atoms with Crippen LogP contribution in [-0.4, -0.2) is 0 Å². The minimum atomic E-state index is -1.39. The lowest BCUT2D eigenvalue weighted by Gasteiger charge is -2.38. The summed E-state index contributed by atoms with van der Waals surface area (Å²) in [6.07, 6.45) is 18.1. The van der Waals surface area contributed by atoms with Gasteiger partial charge in [0.05, 0.1) is 0 Å². The molecule has 0 N–H and O–H groups in total. The lowest BCUT2D eigenvalue weighted by Crippen LogP contribution is -2.25. The summed E-state index contributed by atoms with van der Waals surface area (Å²) in [5, 5.41) is 0. The fraction of sp³-hybridized carbons (Fsp3) is 0.692. The van der Waals surface area contributed by atoms with E-state index in [9.17, 15) is 13.2 Å². The van der Waals surface area contributed by atoms with Crippen molar-refractivity contribution >= 4 is 5.57 Å². The van der Waals surface area contributed by atoms with Gasteiger partial charge in [0.15, 0.2) is 17.5 Å². The zero-order valence-corrected chi connectivity index (χ0v) is 18.2. The first-order chi connectivity index (χ1) is 14.0. The lowest BCUT2D eigenvalue weighted by molar-refractivity contribution is 0.141. The van der Waals surface area contributed by atoms with E-state index in [1.807, 2.05) is 13.0 Å². The van der Waals surface area contributed by atoms with Crippen LogP contribution in [-0.2, 0) is 0 Å². The smallest absolute Gasteiger partial charge is 0.194 e. The molecule has 1 aromatic rings. The first kappa shape index (κ1) is 22.4. The zero-order valence-electron chi connectivity index (χ0n) is 18.2. The summed E-state index contributed by atoms with van der Waals surface area (Å²) in [6.45, 7) is 4.15. The van der Waals surface area contributed by atoms with Crippen LogP contribution in [0.4, 0.5) is 13.2 Å². The largest absolute Gasteiger partial charge is 0.204 e. The molecule has 2 fully saturated rings. The number of allylic oxidation sites excluding steroid dienone is 2. The monoisotopic (exact) mass is 406 g/mol. The number of hydrogen-bond donors (Lipinski definition) is 0. The molecule has 3 heteroatoms. The molecule has 0 atom stereocenters. The number of rotatable bonds is 7. The quantitative estimate of drug-likeness (QED) is 0.397. The highest BCUT2D eigenvalue weighted by molar-refractivity contribution is 5.63. The fourth-order valence-corrected chi connectivity index (χ4v) is 5.74. The second-order valence-electron chi connectivity index (χ2n) is 9.57. The van der Waals surface area contributed by atoms with Crippen molar-refractivity contribution < 1.29 is 13.2 Å². The number of benzene rings is 1. The van der Waals surface area contributed by atoms with Crippen LogP contribution in [0.1, 0.15) is 96.5 Å². The van der Waals surface area contributed by atoms with Gasteiger partial charge in [0.2, 0.25) is 0 Å². The molecular formula is C26H37F3. The molecule has 0 saturated heterocycles. The van der Waals surface area contributed by atoms with E-state index in [2.05, 4.69) is 6.92 Å². The van der Waals surface area contributed by atoms with Crippen molar-refractivity contribution in [1.29, 1.82) is 0 Å². The van der Waals surface area contributed by atoms with Crippen LogP contribution in [0.3, 0.4) is 0 Å². The normalized spacial score (nSPS) is 28.5. The molecule has 0 amide bonds. The molecular weight excluding hydrogens is 369 g/mol. The molecule has 2 aliphatic carbocycles. The maximum absolute atomic E-state index is 13.4. The van der Waals surface area contributed by atoms with Crippen molar-refractivity contribution in [3.05, 3.63) is 41.2 Å². The van der Waals surface area contributed by atoms with Gasteiger partial charge in [-0.25, -0.2) is 13.2 Å². The molecule has 162 valence electrons. The third-order valence-corrected chi connectivity index (χ3v) is 7.61. The Balaban J connectivity index is 1.40. The van der Waals surface area contributed by atoms with Crippen molar-refractivity contribution in [2.75, 3.05) is 0 Å². The van der Waals surface area contributed by atoms with Gasteiger partial charge in [-0.2, -0.15) is 0 Å². The molecule has 0 aromatic heterocycles. The summed E-state index contributed by atoms with van der Waals surface area (Å²) < 4.78 is 40.0. The van der Waals surface area contributed by atoms with Crippen LogP contribution < -0.4 is 0 Å². The molecule has 1 aromatic carbocycles. The third-order valence-electron chi connectivity index (χ3n) is 7.61. The van der Waals surface area contributed by atoms with Gasteiger partial charge in [-0.3, -0.25) is 0 Å². The van der Waals surface area contributed by atoms with Crippen molar-refractivity contribution in [2.45, 2.75) is 90.9 Å². The predicted octanol–water partition coefficient (Wildman–Crippen LogP) is 8.70. The Kier molecular flexibility index (Phi) is 8.26. The molecule has 0 radical (unpaired) electrons. The Bertz CT molecular complexity index is 654. The average Bonchev–Trinajstić information content (AvgIpc) is 2.73. The Morgan fingerprint density at radius 2 is 1.31 bits per heavy atom. The van der Waals surface area contributed by atoms with E-state index in [4.69, 9.17) is 0 Å². The van der Waals surface area contributed by atoms with E-state index < -0.39 is 17.5 Å². The Hall–Kier alpha value is -1.25. The van der Waals surface area contributed by atoms with Crippen LogP contribution in [0.25, 0.3) is 5.57 Å². The minimum absolute atomic E-state index is 0.434. The molecule has 0 spiro atoms. The summed E-state index contributed by atoms with van der Waals surface area (Å²) in [4.78, 5) is 0. The summed E-state index contributed by atoms with van der Waals surface area (Å²) >= 11 is 0. The molecule has 0 aliphatic heterocycles. The zero-order chi connectivity index (χ0) is 20.8. The molecule has 3 rings (SSSR count). The molecule has 2 saturated carbocycles. The highest BCUT2D eigenvalue weighted by atomic mass is 19.2. The number of halogens is 3. The first-order valence-electron chi connectivity index (χ1n) is 11.8. The maximum Gasteiger partial charge on any atom is 0.194 e. The van der Waals surface area contributed by atoms with Crippen molar-refractivity contribution in [1.82, 2.24) is 0 Å². The summed E-state index contributed by atoms with van der Waals surface area (Å²) in [7, 11) is 0. The van der Waals surface area contributed by atoms with Gasteiger partial charge in [0, 0.05) is 0 Å². The summed E-state index contributed by atoms with van der Waals surface area (Å²) in [5.41, 5.74) is 1.25. The Morgan fingerprint density at radius 1 is 0.828 bits per heavy atom. The first-order valence-corrected chi connectivity index (χ1v) is 11.8. The van der Waals surface area contributed by atoms with Gasteiger partial charge in [-0.1, -0.05) is 51.5 Å². The van der Waals surface area contributed by atoms with Gasteiger partial charge < -0.3 is 0 Å². The maximum atomic E-state index is 13.4. The van der Waals surface area contributed by atoms with Crippen LogP contribution in [0, 0.1) is 41.1 Å². The van der Waals surface area contributed by atoms with E-state index in [0.717, 1.165) is 54.2 Å². The van der Waals surface area contributed by atoms with Gasteiger partial charge in [-0.05, 0) is 92.4 Å². The average molecular weight is 407 g/mol. The van der Waals surface area contributed by atoms with Crippen LogP contribution in [0.2, 0.25) is 0 Å². The van der Waals surface area contributed by atoms with Crippen LogP contribution in [0.15, 0.2) is 18.2 Å². The molecule has 2 aliphatic rings. The SMILES string of the molecule is CCCC1CCC(C2CCC(CCC=C(C)c3cc(F)c(F)c(F)c3)CC2)CC1. The fourth-order valence-electron chi connectivity index (χ4n) is 5.74. The van der Waals surface area contributed by atoms with Crippen molar-refractivity contribution in [3.8, 4) is 0 Å². The molecule has 0 unspecified atom stereocenters. The highest BCUT2D eigenvalue weighted by Gasteiger charge is 2.30. The predicted molar refractivity (Wildman–Crippen MR) is 115 cm³/mol. The third kappa shape index (κ3) is 6.12. The highest BCUT2D eigenvalue weighted by Crippen LogP contribution is 2.43. The van der Waals surface area contributed by atoms with Gasteiger partial charge in [0.1, 0.15) is 0 Å². The summed E-state index contributed by atoms with van der Waals surface area (Å²) in [6, 6.07) is 2.18. The topological polar surface area (TPSA) is 0 Å². The Morgan fingerprint density at radius 3 is 1.79 bits per heavy atom. The van der Waals surface area contributed by atoms with Gasteiger partial charge in [-0.15, -0.1) is 0 Å². The van der Waals surface area contributed by atoms with E-state index in [1.54, 1.807) is 0 Å². The van der Waals surface area contributed by atoms with E-state index in [-0.39, 0.29) is 0 Å². The van der Waals surface area contributed by atoms with E-state index in [1.165, 1.54) is 64.2 Å². The Labute approximate surface area is 175 Å². The molecule has 0 bridgehead atoms. The molecule has 0 nitrogen and oxygen atoms in total. The van der Waals surface area contributed by atoms with E-state index >= 15 is 0 Å². The molecule has 29 heavy (non-hydrogen) atoms. The van der Waals surface area contributed by atoms with Crippen molar-refractivity contribution in [3.63, 3.8) is 0 Å². The van der Waals surface area contributed by atoms with E-state index in [0.29, 0.717) is 5.56 Å². The summed E-state index contributed by atoms with van der Waals surface area (Å²) in [5.74, 6) is 0.0478. The van der Waals surface area contributed by atoms with Crippen molar-refractivity contribution in [2.24, 2.45) is 23.7 Å². The van der Waals surface area contributed by atoms with Crippen LogP contribution in [0.5, 0.6) is 0 Å². The van der Waals surface area contributed by atoms with Gasteiger partial charge in [0.25, 0.3) is 0 Å². The molecule has 0 heterocycles. The minimum Gasteiger partial charge on any atom is -0.204 e.